The number of aldehydes is 1. The molecule has 1 aliphatic carbocycles. The summed E-state index contributed by atoms with van der Waals surface area (Å²) in [6, 6.07) is 0. The normalized spacial score (nSPS) is 19.9. The van der Waals surface area contributed by atoms with Crippen LogP contribution in [0.2, 0.25) is 0 Å². The molecule has 0 radical (unpaired) electrons. The lowest BCUT2D eigenvalue weighted by molar-refractivity contribution is -0.105. The first kappa shape index (κ1) is 29.4. The molecule has 0 bridgehead atoms. The van der Waals surface area contributed by atoms with Crippen molar-refractivity contribution in [3.63, 3.8) is 0 Å². The molecule has 33 heavy (non-hydrogen) atoms. The van der Waals surface area contributed by atoms with Gasteiger partial charge in [0.1, 0.15) is 12.1 Å². The first-order chi connectivity index (χ1) is 15.6. The van der Waals surface area contributed by atoms with E-state index >= 15 is 0 Å². The minimum Gasteiger partial charge on any atom is -0.333 e. The number of unbranched alkanes of at least 4 members (excludes halogenated alkanes) is 1. The summed E-state index contributed by atoms with van der Waals surface area (Å²) in [6.45, 7) is 14.9. The van der Waals surface area contributed by atoms with Crippen LogP contribution in [0.5, 0.6) is 0 Å². The molecule has 0 N–H and O–H groups in total. The van der Waals surface area contributed by atoms with Crippen molar-refractivity contribution in [2.45, 2.75) is 92.9 Å². The van der Waals surface area contributed by atoms with Gasteiger partial charge < -0.3 is 9.80 Å². The molecule has 2 unspecified atom stereocenters. The highest BCUT2D eigenvalue weighted by atomic mass is 16.1. The second-order valence-electron chi connectivity index (χ2n) is 10.5. The summed E-state index contributed by atoms with van der Waals surface area (Å²) in [5.41, 5.74) is 4.94. The number of likely N-dealkylation sites (N-methyl/N-ethyl adjacent to an activating group) is 1. The molecular formula is C29H51N3O. The third-order valence-corrected chi connectivity index (χ3v) is 7.41. The Labute approximate surface area is 204 Å². The molecule has 0 aliphatic heterocycles. The van der Waals surface area contributed by atoms with E-state index in [1.165, 1.54) is 49.7 Å². The van der Waals surface area contributed by atoms with Crippen molar-refractivity contribution < 1.29 is 4.79 Å². The van der Waals surface area contributed by atoms with E-state index in [1.807, 2.05) is 14.0 Å². The maximum atomic E-state index is 11.6. The molecule has 0 aromatic carbocycles. The van der Waals surface area contributed by atoms with E-state index < -0.39 is 0 Å². The average Bonchev–Trinajstić information content (AvgIpc) is 2.94. The largest absolute Gasteiger partial charge is 0.333 e. The molecule has 2 atom stereocenters. The predicted molar refractivity (Wildman–Crippen MR) is 145 cm³/mol. The van der Waals surface area contributed by atoms with Crippen LogP contribution < -0.4 is 0 Å². The van der Waals surface area contributed by atoms with Crippen LogP contribution in [-0.2, 0) is 4.79 Å². The van der Waals surface area contributed by atoms with Gasteiger partial charge in [-0.3, -0.25) is 9.79 Å². The minimum absolute atomic E-state index is 0.219. The molecule has 0 saturated carbocycles. The van der Waals surface area contributed by atoms with E-state index in [0.29, 0.717) is 5.92 Å². The number of hydrogen-bond donors (Lipinski definition) is 0. The molecule has 0 heterocycles. The molecule has 1 aliphatic rings. The van der Waals surface area contributed by atoms with Crippen molar-refractivity contribution in [1.82, 2.24) is 9.80 Å². The first-order valence-corrected chi connectivity index (χ1v) is 13.0. The van der Waals surface area contributed by atoms with Gasteiger partial charge in [-0.1, -0.05) is 56.4 Å². The van der Waals surface area contributed by atoms with Crippen LogP contribution in [0, 0.1) is 11.3 Å². The fraction of sp³-hybridized carbons (Fsp3) is 0.724. The summed E-state index contributed by atoms with van der Waals surface area (Å²) >= 11 is 0. The molecule has 0 aromatic heterocycles. The smallest absolute Gasteiger partial charge is 0.147 e. The summed E-state index contributed by atoms with van der Waals surface area (Å²) in [5, 5.41) is 0. The maximum absolute atomic E-state index is 11.6. The number of carbonyl (C=O) groups excluding carboxylic acids is 1. The number of aliphatic imine (C=N–C) groups is 1. The zero-order valence-electron chi connectivity index (χ0n) is 23.1. The van der Waals surface area contributed by atoms with Crippen molar-refractivity contribution >= 4 is 12.1 Å². The number of carbonyl (C=O) groups is 1. The van der Waals surface area contributed by atoms with Gasteiger partial charge >= 0.3 is 0 Å². The summed E-state index contributed by atoms with van der Waals surface area (Å²) in [5.74, 6) is 1.73. The lowest BCUT2D eigenvalue weighted by Crippen LogP contribution is -2.39. The second kappa shape index (κ2) is 14.6. The zero-order valence-corrected chi connectivity index (χ0v) is 23.1. The number of rotatable bonds is 13. The van der Waals surface area contributed by atoms with Crippen LogP contribution in [-0.4, -0.2) is 56.2 Å². The molecule has 4 nitrogen and oxygen atoms in total. The monoisotopic (exact) mass is 457 g/mol. The number of allylic oxidation sites excluding steroid dienone is 6. The van der Waals surface area contributed by atoms with Crippen LogP contribution >= 0.6 is 0 Å². The molecular weight excluding hydrogens is 406 g/mol. The Morgan fingerprint density at radius 2 is 1.91 bits per heavy atom. The van der Waals surface area contributed by atoms with Gasteiger partial charge in [0.2, 0.25) is 0 Å². The second-order valence-corrected chi connectivity index (χ2v) is 10.5. The van der Waals surface area contributed by atoms with Gasteiger partial charge in [0.25, 0.3) is 0 Å². The minimum atomic E-state index is 0.219. The third-order valence-electron chi connectivity index (χ3n) is 7.41. The Balaban J connectivity index is 3.30. The first-order valence-electron chi connectivity index (χ1n) is 13.0. The Kier molecular flexibility index (Phi) is 12.9. The van der Waals surface area contributed by atoms with Crippen molar-refractivity contribution in [3.8, 4) is 0 Å². The lowest BCUT2D eigenvalue weighted by atomic mass is 9.70. The highest BCUT2D eigenvalue weighted by Gasteiger charge is 2.34. The number of amidine groups is 1. The molecule has 1 rings (SSSR count). The SMILES string of the molecule is CCCCC(CC)(CC(=NC)N(CCN(C)C)/C(C)=C(/C)C=O)CC1C=C(C)C=C(C)CC1. The lowest BCUT2D eigenvalue weighted by Gasteiger charge is -2.39. The molecule has 0 saturated heterocycles. The van der Waals surface area contributed by atoms with E-state index in [-0.39, 0.29) is 5.41 Å². The Hall–Kier alpha value is -1.68. The molecule has 0 fully saturated rings. The van der Waals surface area contributed by atoms with E-state index in [4.69, 9.17) is 4.99 Å². The molecule has 188 valence electrons. The third kappa shape index (κ3) is 9.60. The molecule has 0 aromatic rings. The van der Waals surface area contributed by atoms with Gasteiger partial charge in [-0.05, 0) is 78.8 Å². The fourth-order valence-corrected chi connectivity index (χ4v) is 5.07. The van der Waals surface area contributed by atoms with Crippen LogP contribution in [0.15, 0.2) is 39.6 Å². The van der Waals surface area contributed by atoms with Gasteiger partial charge in [0, 0.05) is 37.8 Å². The van der Waals surface area contributed by atoms with Gasteiger partial charge in [-0.2, -0.15) is 0 Å². The number of hydrogen-bond acceptors (Lipinski definition) is 3. The highest BCUT2D eigenvalue weighted by molar-refractivity contribution is 5.86. The van der Waals surface area contributed by atoms with E-state index in [1.54, 1.807) is 0 Å². The van der Waals surface area contributed by atoms with E-state index in [0.717, 1.165) is 49.3 Å². The fourth-order valence-electron chi connectivity index (χ4n) is 5.07. The zero-order chi connectivity index (χ0) is 25.0. The summed E-state index contributed by atoms with van der Waals surface area (Å²) in [4.78, 5) is 20.9. The molecule has 0 spiro atoms. The van der Waals surface area contributed by atoms with Crippen LogP contribution in [0.1, 0.15) is 92.9 Å². The number of nitrogens with zero attached hydrogens (tertiary/aromatic N) is 3. The van der Waals surface area contributed by atoms with Gasteiger partial charge in [-0.15, -0.1) is 0 Å². The maximum Gasteiger partial charge on any atom is 0.147 e. The molecule has 0 amide bonds. The Morgan fingerprint density at radius 1 is 1.21 bits per heavy atom. The predicted octanol–water partition coefficient (Wildman–Crippen LogP) is 7.04. The van der Waals surface area contributed by atoms with Gasteiger partial charge in [0.05, 0.1) is 0 Å². The quantitative estimate of drug-likeness (QED) is 0.129. The highest BCUT2D eigenvalue weighted by Crippen LogP contribution is 2.43. The average molecular weight is 458 g/mol. The van der Waals surface area contributed by atoms with Gasteiger partial charge in [-0.25, -0.2) is 0 Å². The van der Waals surface area contributed by atoms with Gasteiger partial charge in [0.15, 0.2) is 0 Å². The van der Waals surface area contributed by atoms with Crippen molar-refractivity contribution in [2.24, 2.45) is 16.3 Å². The molecule has 4 heteroatoms. The van der Waals surface area contributed by atoms with Crippen LogP contribution in [0.4, 0.5) is 0 Å². The Bertz CT molecular complexity index is 744. The van der Waals surface area contributed by atoms with Crippen molar-refractivity contribution in [2.75, 3.05) is 34.2 Å². The summed E-state index contributed by atoms with van der Waals surface area (Å²) in [6.07, 6.45) is 15.3. The van der Waals surface area contributed by atoms with Crippen molar-refractivity contribution in [3.05, 3.63) is 34.6 Å². The summed E-state index contributed by atoms with van der Waals surface area (Å²) in [7, 11) is 6.12. The standard InChI is InChI=1S/C29H51N3O/c1-10-12-15-29(11-2,20-27-14-13-23(3)18-24(4)19-27)21-28(30-7)32(17-16-31(8)9)26(6)25(5)22-33/h18-19,22,27H,10-17,20-21H2,1-9H3/b26-25-,30-28?. The van der Waals surface area contributed by atoms with E-state index in [2.05, 4.69) is 70.7 Å². The topological polar surface area (TPSA) is 35.9 Å². The van der Waals surface area contributed by atoms with E-state index in [9.17, 15) is 4.79 Å². The van der Waals surface area contributed by atoms with Crippen molar-refractivity contribution in [1.29, 1.82) is 0 Å². The Morgan fingerprint density at radius 3 is 2.45 bits per heavy atom. The van der Waals surface area contributed by atoms with Crippen LogP contribution in [0.25, 0.3) is 0 Å². The van der Waals surface area contributed by atoms with Crippen LogP contribution in [0.3, 0.4) is 0 Å². The summed E-state index contributed by atoms with van der Waals surface area (Å²) < 4.78 is 0.